The monoisotopic (exact) mass is 446 g/mol. The Morgan fingerprint density at radius 2 is 1.87 bits per heavy atom. The molecule has 0 fully saturated rings. The van der Waals surface area contributed by atoms with Crippen LogP contribution in [-0.4, -0.2) is 51.5 Å². The van der Waals surface area contributed by atoms with Crippen LogP contribution in [0.3, 0.4) is 0 Å². The molecule has 10 nitrogen and oxygen atoms in total. The second kappa shape index (κ2) is 9.47. The Morgan fingerprint density at radius 1 is 1.13 bits per heavy atom. The number of nitrogens with zero attached hydrogens (tertiary/aromatic N) is 3. The van der Waals surface area contributed by atoms with Crippen LogP contribution < -0.4 is 19.1 Å². The highest BCUT2D eigenvalue weighted by atomic mass is 32.2. The molecule has 0 atom stereocenters. The lowest BCUT2D eigenvalue weighted by molar-refractivity contribution is -0.119. The zero-order valence-electron chi connectivity index (χ0n) is 17.2. The molecule has 0 radical (unpaired) electrons. The average Bonchev–Trinajstić information content (AvgIpc) is 3.24. The first-order valence-electron chi connectivity index (χ1n) is 9.16. The first kappa shape index (κ1) is 22.1. The molecule has 11 heteroatoms. The van der Waals surface area contributed by atoms with Gasteiger partial charge in [-0.3, -0.25) is 9.10 Å². The Labute approximate surface area is 179 Å². The van der Waals surface area contributed by atoms with Crippen LogP contribution in [0.15, 0.2) is 53.1 Å². The third-order valence-corrected chi connectivity index (χ3v) is 5.41. The van der Waals surface area contributed by atoms with Crippen LogP contribution in [0.2, 0.25) is 0 Å². The molecular weight excluding hydrogens is 424 g/mol. The number of ether oxygens (including phenoxy) is 2. The molecule has 0 saturated carbocycles. The van der Waals surface area contributed by atoms with Crippen molar-refractivity contribution in [1.29, 1.82) is 0 Å². The maximum atomic E-state index is 12.5. The number of carbonyl (C=O) groups is 1. The first-order chi connectivity index (χ1) is 14.8. The number of aromatic nitrogens is 2. The lowest BCUT2D eigenvalue weighted by Gasteiger charge is -2.24. The van der Waals surface area contributed by atoms with Crippen molar-refractivity contribution in [3.8, 4) is 22.9 Å². The molecule has 0 aliphatic heterocycles. The molecule has 3 aromatic rings. The number of carbonyl (C=O) groups excluding carboxylic acids is 1. The van der Waals surface area contributed by atoms with Crippen molar-refractivity contribution in [3.63, 3.8) is 0 Å². The third kappa shape index (κ3) is 5.51. The van der Waals surface area contributed by atoms with Gasteiger partial charge in [0.05, 0.1) is 32.7 Å². The van der Waals surface area contributed by atoms with Crippen LogP contribution in [0.1, 0.15) is 5.89 Å². The van der Waals surface area contributed by atoms with Gasteiger partial charge in [-0.05, 0) is 12.1 Å². The molecule has 0 aliphatic rings. The molecule has 1 N–H and O–H groups in total. The molecular formula is C20H22N4O6S. The number of sulfonamides is 1. The van der Waals surface area contributed by atoms with E-state index in [1.54, 1.807) is 6.07 Å². The second-order valence-corrected chi connectivity index (χ2v) is 8.37. The Balaban J connectivity index is 1.71. The molecule has 164 valence electrons. The highest BCUT2D eigenvalue weighted by Gasteiger charge is 2.24. The van der Waals surface area contributed by atoms with Gasteiger partial charge < -0.3 is 19.3 Å². The molecule has 1 heterocycles. The number of hydrogen-bond donors (Lipinski definition) is 1. The fourth-order valence-corrected chi connectivity index (χ4v) is 3.62. The summed E-state index contributed by atoms with van der Waals surface area (Å²) < 4.78 is 41.2. The summed E-state index contributed by atoms with van der Waals surface area (Å²) in [5.41, 5.74) is 0.990. The van der Waals surface area contributed by atoms with E-state index >= 15 is 0 Å². The van der Waals surface area contributed by atoms with E-state index in [1.165, 1.54) is 26.4 Å². The van der Waals surface area contributed by atoms with Crippen molar-refractivity contribution in [2.24, 2.45) is 0 Å². The lowest BCUT2D eigenvalue weighted by atomic mass is 10.2. The van der Waals surface area contributed by atoms with E-state index in [-0.39, 0.29) is 23.9 Å². The number of anilines is 1. The van der Waals surface area contributed by atoms with Gasteiger partial charge in [0, 0.05) is 11.6 Å². The molecule has 1 amide bonds. The van der Waals surface area contributed by atoms with Crippen LogP contribution in [0.5, 0.6) is 11.5 Å². The van der Waals surface area contributed by atoms with Crippen molar-refractivity contribution < 1.29 is 27.2 Å². The molecule has 0 unspecified atom stereocenters. The van der Waals surface area contributed by atoms with Crippen LogP contribution >= 0.6 is 0 Å². The molecule has 0 saturated heterocycles. The largest absolute Gasteiger partial charge is 0.497 e. The summed E-state index contributed by atoms with van der Waals surface area (Å²) in [6.45, 7) is -0.503. The van der Waals surface area contributed by atoms with E-state index in [0.29, 0.717) is 11.6 Å². The zero-order valence-corrected chi connectivity index (χ0v) is 18.0. The number of methoxy groups -OCH3 is 2. The van der Waals surface area contributed by atoms with Crippen LogP contribution in [-0.2, 0) is 21.4 Å². The number of amides is 1. The van der Waals surface area contributed by atoms with Gasteiger partial charge in [0.25, 0.3) is 0 Å². The van der Waals surface area contributed by atoms with Crippen molar-refractivity contribution in [2.45, 2.75) is 6.54 Å². The molecule has 2 aromatic carbocycles. The number of nitrogens with one attached hydrogen (secondary N) is 1. The predicted molar refractivity (Wildman–Crippen MR) is 113 cm³/mol. The van der Waals surface area contributed by atoms with Gasteiger partial charge >= 0.3 is 0 Å². The molecule has 31 heavy (non-hydrogen) atoms. The van der Waals surface area contributed by atoms with E-state index in [1.807, 2.05) is 30.3 Å². The quantitative estimate of drug-likeness (QED) is 0.528. The summed E-state index contributed by atoms with van der Waals surface area (Å²) in [5.74, 6) is 0.777. The van der Waals surface area contributed by atoms with E-state index in [2.05, 4.69) is 15.5 Å². The smallest absolute Gasteiger partial charge is 0.246 e. The Bertz CT molecular complexity index is 1150. The predicted octanol–water partition coefficient (Wildman–Crippen LogP) is 1.84. The van der Waals surface area contributed by atoms with E-state index < -0.39 is 22.5 Å². The van der Waals surface area contributed by atoms with Crippen LogP contribution in [0, 0.1) is 0 Å². The number of rotatable bonds is 9. The maximum absolute atomic E-state index is 12.5. The summed E-state index contributed by atoms with van der Waals surface area (Å²) in [7, 11) is -0.895. The number of benzene rings is 2. The second-order valence-electron chi connectivity index (χ2n) is 6.46. The average molecular weight is 446 g/mol. The fraction of sp³-hybridized carbons (Fsp3) is 0.250. The Morgan fingerprint density at radius 3 is 2.52 bits per heavy atom. The Kier molecular flexibility index (Phi) is 6.75. The van der Waals surface area contributed by atoms with Gasteiger partial charge in [-0.1, -0.05) is 35.5 Å². The van der Waals surface area contributed by atoms with Crippen LogP contribution in [0.25, 0.3) is 11.4 Å². The van der Waals surface area contributed by atoms with Gasteiger partial charge in [0.2, 0.25) is 27.6 Å². The van der Waals surface area contributed by atoms with Crippen molar-refractivity contribution in [2.75, 3.05) is 31.3 Å². The highest BCUT2D eigenvalue weighted by molar-refractivity contribution is 7.92. The van der Waals surface area contributed by atoms with Gasteiger partial charge in [0.15, 0.2) is 0 Å². The van der Waals surface area contributed by atoms with Crippen molar-refractivity contribution >= 4 is 21.6 Å². The molecule has 3 rings (SSSR count). The topological polar surface area (TPSA) is 124 Å². The molecule has 0 bridgehead atoms. The highest BCUT2D eigenvalue weighted by Crippen LogP contribution is 2.33. The van der Waals surface area contributed by atoms with Gasteiger partial charge in [-0.15, -0.1) is 0 Å². The van der Waals surface area contributed by atoms with E-state index in [9.17, 15) is 13.2 Å². The minimum Gasteiger partial charge on any atom is -0.497 e. The molecule has 0 spiro atoms. The van der Waals surface area contributed by atoms with Gasteiger partial charge in [0.1, 0.15) is 18.0 Å². The normalized spacial score (nSPS) is 11.1. The summed E-state index contributed by atoms with van der Waals surface area (Å²) in [5, 5.41) is 6.47. The zero-order chi connectivity index (χ0) is 22.4. The van der Waals surface area contributed by atoms with Crippen molar-refractivity contribution in [1.82, 2.24) is 15.5 Å². The number of hydrogen-bond acceptors (Lipinski definition) is 8. The molecule has 0 aliphatic carbocycles. The molecule has 1 aromatic heterocycles. The third-order valence-electron chi connectivity index (χ3n) is 4.28. The van der Waals surface area contributed by atoms with Crippen LogP contribution in [0.4, 0.5) is 5.69 Å². The minimum atomic E-state index is -3.78. The summed E-state index contributed by atoms with van der Waals surface area (Å²) in [6, 6.07) is 13.9. The summed E-state index contributed by atoms with van der Waals surface area (Å²) >= 11 is 0. The van der Waals surface area contributed by atoms with E-state index in [0.717, 1.165) is 16.1 Å². The maximum Gasteiger partial charge on any atom is 0.246 e. The lowest BCUT2D eigenvalue weighted by Crippen LogP contribution is -2.40. The van der Waals surface area contributed by atoms with Gasteiger partial charge in [-0.25, -0.2) is 8.42 Å². The van der Waals surface area contributed by atoms with Gasteiger partial charge in [-0.2, -0.15) is 4.98 Å². The SMILES string of the molecule is COc1ccc(N(CC(=O)NCc2nc(-c3ccccc3)no2)S(C)(=O)=O)c(OC)c1. The standard InChI is InChI=1S/C20H22N4O6S/c1-28-15-9-10-16(17(11-15)29-2)24(31(3,26)27)13-18(25)21-12-19-22-20(23-30-19)14-7-5-4-6-8-14/h4-11H,12-13H2,1-3H3,(H,21,25). The van der Waals surface area contributed by atoms with E-state index in [4.69, 9.17) is 14.0 Å². The summed E-state index contributed by atoms with van der Waals surface area (Å²) in [4.78, 5) is 16.7. The first-order valence-corrected chi connectivity index (χ1v) is 11.0. The fourth-order valence-electron chi connectivity index (χ4n) is 2.76. The summed E-state index contributed by atoms with van der Waals surface area (Å²) in [6.07, 6.45) is 1.01. The van der Waals surface area contributed by atoms with Crippen molar-refractivity contribution in [3.05, 3.63) is 54.4 Å². The Hall–Kier alpha value is -3.60. The minimum absolute atomic E-state index is 0.0456.